The number of hydrogen-bond acceptors (Lipinski definition) is 8. The highest BCUT2D eigenvalue weighted by molar-refractivity contribution is 7.15. The molecule has 1 atom stereocenters. The zero-order valence-corrected chi connectivity index (χ0v) is 18.4. The number of aromatic nitrogens is 2. The van der Waals surface area contributed by atoms with Gasteiger partial charge in [0.15, 0.2) is 5.43 Å². The van der Waals surface area contributed by atoms with Crippen LogP contribution in [0.5, 0.6) is 0 Å². The van der Waals surface area contributed by atoms with Gasteiger partial charge in [0.05, 0.1) is 29.7 Å². The van der Waals surface area contributed by atoms with Gasteiger partial charge in [-0.2, -0.15) is 0 Å². The number of carbonyl (C=O) groups excluding carboxylic acids is 2. The Bertz CT molecular complexity index is 1460. The Balaban J connectivity index is 1.76. The van der Waals surface area contributed by atoms with Crippen LogP contribution < -0.4 is 10.3 Å². The minimum Gasteiger partial charge on any atom is -0.465 e. The summed E-state index contributed by atoms with van der Waals surface area (Å²) in [5.41, 5.74) is 1.04. The van der Waals surface area contributed by atoms with Crippen molar-refractivity contribution in [3.05, 3.63) is 85.2 Å². The van der Waals surface area contributed by atoms with Crippen LogP contribution in [0, 0.1) is 6.92 Å². The van der Waals surface area contributed by atoms with Crippen LogP contribution in [0.1, 0.15) is 43.1 Å². The largest absolute Gasteiger partial charge is 0.465 e. The molecule has 2 aromatic heterocycles. The Morgan fingerprint density at radius 2 is 1.91 bits per heavy atom. The summed E-state index contributed by atoms with van der Waals surface area (Å²) in [4.78, 5) is 40.1. The van der Waals surface area contributed by atoms with Gasteiger partial charge in [-0.15, -0.1) is 10.2 Å². The number of ether oxygens (including phenoxy) is 1. The predicted octanol–water partition coefficient (Wildman–Crippen LogP) is 4.14. The van der Waals surface area contributed by atoms with Gasteiger partial charge in [0.1, 0.15) is 10.6 Å². The van der Waals surface area contributed by atoms with Gasteiger partial charge in [-0.25, -0.2) is 4.79 Å². The van der Waals surface area contributed by atoms with Gasteiger partial charge in [-0.05, 0) is 42.8 Å². The molecular formula is C22H14ClN3O5S. The Morgan fingerprint density at radius 1 is 1.16 bits per heavy atom. The van der Waals surface area contributed by atoms with Gasteiger partial charge in [0.2, 0.25) is 10.9 Å². The van der Waals surface area contributed by atoms with Crippen molar-refractivity contribution in [3.8, 4) is 0 Å². The summed E-state index contributed by atoms with van der Waals surface area (Å²) in [6, 6.07) is 10.3. The molecule has 1 aliphatic rings. The number of halogens is 1. The number of esters is 1. The number of carbonyl (C=O) groups is 2. The van der Waals surface area contributed by atoms with Crippen LogP contribution in [-0.4, -0.2) is 29.2 Å². The number of benzene rings is 2. The second-order valence-corrected chi connectivity index (χ2v) is 8.71. The lowest BCUT2D eigenvalue weighted by Gasteiger charge is -2.22. The quantitative estimate of drug-likeness (QED) is 0.417. The summed E-state index contributed by atoms with van der Waals surface area (Å²) >= 11 is 7.32. The normalized spacial score (nSPS) is 15.3. The van der Waals surface area contributed by atoms with E-state index in [0.717, 1.165) is 0 Å². The molecule has 0 bridgehead atoms. The summed E-state index contributed by atoms with van der Waals surface area (Å²) in [5, 5.41) is 9.78. The summed E-state index contributed by atoms with van der Waals surface area (Å²) in [6.45, 7) is 1.77. The highest BCUT2D eigenvalue weighted by Crippen LogP contribution is 2.42. The molecule has 0 saturated heterocycles. The molecule has 5 rings (SSSR count). The first-order chi connectivity index (χ1) is 15.4. The first-order valence-corrected chi connectivity index (χ1v) is 10.7. The number of fused-ring (bicyclic) bond motifs is 2. The van der Waals surface area contributed by atoms with E-state index in [0.29, 0.717) is 26.3 Å². The molecule has 3 heterocycles. The molecular weight excluding hydrogens is 454 g/mol. The van der Waals surface area contributed by atoms with E-state index >= 15 is 0 Å². The van der Waals surface area contributed by atoms with Gasteiger partial charge in [-0.1, -0.05) is 35.1 Å². The molecule has 0 aliphatic carbocycles. The second-order valence-electron chi connectivity index (χ2n) is 7.11. The van der Waals surface area contributed by atoms with Crippen molar-refractivity contribution >= 4 is 50.9 Å². The van der Waals surface area contributed by atoms with E-state index in [1.54, 1.807) is 43.3 Å². The molecule has 0 saturated carbocycles. The van der Waals surface area contributed by atoms with Gasteiger partial charge in [0, 0.05) is 5.02 Å². The van der Waals surface area contributed by atoms with E-state index in [1.807, 2.05) is 0 Å². The Kier molecular flexibility index (Phi) is 4.79. The number of rotatable bonds is 3. The van der Waals surface area contributed by atoms with Crippen LogP contribution in [0.3, 0.4) is 0 Å². The summed E-state index contributed by atoms with van der Waals surface area (Å²) in [5.74, 6) is -1.04. The molecule has 10 heteroatoms. The minimum absolute atomic E-state index is 0.0558. The van der Waals surface area contributed by atoms with E-state index in [-0.39, 0.29) is 27.7 Å². The molecule has 0 N–H and O–H groups in total. The Labute approximate surface area is 190 Å². The van der Waals surface area contributed by atoms with E-state index in [4.69, 9.17) is 20.8 Å². The minimum atomic E-state index is -0.809. The molecule has 4 aromatic rings. The first kappa shape index (κ1) is 20.3. The number of anilines is 1. The lowest BCUT2D eigenvalue weighted by molar-refractivity contribution is 0.0600. The van der Waals surface area contributed by atoms with Crippen molar-refractivity contribution < 1.29 is 18.7 Å². The van der Waals surface area contributed by atoms with Crippen molar-refractivity contribution in [1.29, 1.82) is 0 Å². The number of methoxy groups -OCH3 is 1. The molecule has 0 unspecified atom stereocenters. The molecule has 0 fully saturated rings. The fourth-order valence-electron chi connectivity index (χ4n) is 3.76. The third-order valence-electron chi connectivity index (χ3n) is 5.20. The number of aryl methyl sites for hydroxylation is 1. The Morgan fingerprint density at radius 3 is 2.56 bits per heavy atom. The molecule has 1 aliphatic heterocycles. The van der Waals surface area contributed by atoms with Gasteiger partial charge >= 0.3 is 5.97 Å². The SMILES string of the molecule is COC(=O)c1ccc([C@H]2c3c(oc4ccc(Cl)cc4c3=O)C(=O)N2c2nnc(C)s2)cc1. The first-order valence-electron chi connectivity index (χ1n) is 9.47. The second kappa shape index (κ2) is 7.54. The molecule has 160 valence electrons. The van der Waals surface area contributed by atoms with Gasteiger partial charge in [0.25, 0.3) is 5.91 Å². The maximum absolute atomic E-state index is 13.5. The van der Waals surface area contributed by atoms with Crippen LogP contribution in [0.25, 0.3) is 11.0 Å². The van der Waals surface area contributed by atoms with Crippen LogP contribution in [0.4, 0.5) is 5.13 Å². The van der Waals surface area contributed by atoms with Crippen molar-refractivity contribution in [1.82, 2.24) is 10.2 Å². The number of nitrogens with zero attached hydrogens (tertiary/aromatic N) is 3. The van der Waals surface area contributed by atoms with Crippen molar-refractivity contribution in [2.75, 3.05) is 12.0 Å². The fourth-order valence-corrected chi connectivity index (χ4v) is 4.65. The number of hydrogen-bond donors (Lipinski definition) is 0. The maximum Gasteiger partial charge on any atom is 0.337 e. The zero-order chi connectivity index (χ0) is 22.6. The van der Waals surface area contributed by atoms with E-state index < -0.39 is 17.9 Å². The van der Waals surface area contributed by atoms with Crippen LogP contribution in [0.15, 0.2) is 51.7 Å². The summed E-state index contributed by atoms with van der Waals surface area (Å²) < 4.78 is 10.6. The van der Waals surface area contributed by atoms with Crippen molar-refractivity contribution in [2.24, 2.45) is 0 Å². The molecule has 1 amide bonds. The van der Waals surface area contributed by atoms with Crippen LogP contribution >= 0.6 is 22.9 Å². The molecule has 2 aromatic carbocycles. The average Bonchev–Trinajstić information content (AvgIpc) is 3.35. The molecule has 8 nitrogen and oxygen atoms in total. The standard InChI is InChI=1S/C22H14ClN3O5S/c1-10-24-25-22(32-10)26-17(11-3-5-12(6-4-11)21(29)30-2)16-18(27)14-9-13(23)7-8-15(14)31-19(16)20(26)28/h3-9,17H,1-2H3/t17-/m0/s1. The van der Waals surface area contributed by atoms with E-state index in [1.165, 1.54) is 29.4 Å². The summed E-state index contributed by atoms with van der Waals surface area (Å²) in [7, 11) is 1.29. The van der Waals surface area contributed by atoms with Crippen LogP contribution in [0.2, 0.25) is 5.02 Å². The highest BCUT2D eigenvalue weighted by atomic mass is 35.5. The van der Waals surface area contributed by atoms with Gasteiger partial charge in [-0.3, -0.25) is 14.5 Å². The third kappa shape index (κ3) is 3.09. The third-order valence-corrected chi connectivity index (χ3v) is 6.27. The van der Waals surface area contributed by atoms with Crippen LogP contribution in [-0.2, 0) is 4.74 Å². The maximum atomic E-state index is 13.5. The molecule has 0 spiro atoms. The smallest absolute Gasteiger partial charge is 0.337 e. The van der Waals surface area contributed by atoms with Crippen molar-refractivity contribution in [3.63, 3.8) is 0 Å². The number of amides is 1. The monoisotopic (exact) mass is 467 g/mol. The van der Waals surface area contributed by atoms with Gasteiger partial charge < -0.3 is 9.15 Å². The summed E-state index contributed by atoms with van der Waals surface area (Å²) in [6.07, 6.45) is 0. The van der Waals surface area contributed by atoms with E-state index in [2.05, 4.69) is 10.2 Å². The predicted molar refractivity (Wildman–Crippen MR) is 119 cm³/mol. The van der Waals surface area contributed by atoms with E-state index in [9.17, 15) is 14.4 Å². The highest BCUT2D eigenvalue weighted by Gasteiger charge is 2.45. The zero-order valence-electron chi connectivity index (χ0n) is 16.8. The lowest BCUT2D eigenvalue weighted by Crippen LogP contribution is -2.29. The van der Waals surface area contributed by atoms with Crippen molar-refractivity contribution in [2.45, 2.75) is 13.0 Å². The Hall–Kier alpha value is -3.56. The lowest BCUT2D eigenvalue weighted by atomic mass is 9.98. The average molecular weight is 468 g/mol. The molecule has 32 heavy (non-hydrogen) atoms. The molecule has 0 radical (unpaired) electrons. The fraction of sp³-hybridized carbons (Fsp3) is 0.136. The topological polar surface area (TPSA) is 103 Å².